The lowest BCUT2D eigenvalue weighted by molar-refractivity contribution is 0.0941. The number of carbonyl (C=O) groups is 1. The number of thiophene rings is 1. The second kappa shape index (κ2) is 4.35. The molecule has 0 radical (unpaired) electrons. The standard InChI is InChI=1S/C12H17NOS/c1-8-3-5-10(7-8)13-12(14)11-6-4-9(2)15-11/h4,6,8,10H,3,5,7H2,1-2H3,(H,13,14). The van der Waals surface area contributed by atoms with E-state index in [0.29, 0.717) is 6.04 Å². The lowest BCUT2D eigenvalue weighted by Gasteiger charge is -2.11. The van der Waals surface area contributed by atoms with E-state index in [0.717, 1.165) is 23.6 Å². The Labute approximate surface area is 94.7 Å². The zero-order chi connectivity index (χ0) is 10.8. The van der Waals surface area contributed by atoms with Gasteiger partial charge in [0, 0.05) is 10.9 Å². The summed E-state index contributed by atoms with van der Waals surface area (Å²) in [6.07, 6.45) is 3.52. The van der Waals surface area contributed by atoms with Crippen molar-refractivity contribution in [1.82, 2.24) is 5.32 Å². The first-order valence-electron chi connectivity index (χ1n) is 5.52. The van der Waals surface area contributed by atoms with Crippen LogP contribution in [0.15, 0.2) is 12.1 Å². The normalized spacial score (nSPS) is 25.5. The molecule has 1 aromatic rings. The van der Waals surface area contributed by atoms with E-state index in [4.69, 9.17) is 0 Å². The highest BCUT2D eigenvalue weighted by molar-refractivity contribution is 7.13. The third kappa shape index (κ3) is 2.59. The molecule has 1 N–H and O–H groups in total. The summed E-state index contributed by atoms with van der Waals surface area (Å²) in [5, 5.41) is 3.11. The highest BCUT2D eigenvalue weighted by Crippen LogP contribution is 2.25. The van der Waals surface area contributed by atoms with Crippen LogP contribution in [0.5, 0.6) is 0 Å². The van der Waals surface area contributed by atoms with E-state index in [-0.39, 0.29) is 5.91 Å². The maximum atomic E-state index is 11.8. The summed E-state index contributed by atoms with van der Waals surface area (Å²) in [4.78, 5) is 13.9. The van der Waals surface area contributed by atoms with Crippen molar-refractivity contribution in [3.05, 3.63) is 21.9 Å². The maximum Gasteiger partial charge on any atom is 0.261 e. The Balaban J connectivity index is 1.92. The SMILES string of the molecule is Cc1ccc(C(=O)NC2CCC(C)C2)s1. The average molecular weight is 223 g/mol. The minimum atomic E-state index is 0.104. The molecule has 0 bridgehead atoms. The fraction of sp³-hybridized carbons (Fsp3) is 0.583. The number of nitrogens with one attached hydrogen (secondary N) is 1. The van der Waals surface area contributed by atoms with Crippen molar-refractivity contribution in [2.45, 2.75) is 39.2 Å². The molecule has 15 heavy (non-hydrogen) atoms. The van der Waals surface area contributed by atoms with Crippen molar-refractivity contribution < 1.29 is 4.79 Å². The number of hydrogen-bond acceptors (Lipinski definition) is 2. The Bertz CT molecular complexity index is 358. The fourth-order valence-corrected chi connectivity index (χ4v) is 2.92. The minimum Gasteiger partial charge on any atom is -0.349 e. The summed E-state index contributed by atoms with van der Waals surface area (Å²) in [7, 11) is 0. The largest absolute Gasteiger partial charge is 0.349 e. The van der Waals surface area contributed by atoms with Crippen molar-refractivity contribution in [2.75, 3.05) is 0 Å². The first-order valence-corrected chi connectivity index (χ1v) is 6.34. The van der Waals surface area contributed by atoms with E-state index in [1.54, 1.807) is 11.3 Å². The van der Waals surface area contributed by atoms with Crippen LogP contribution in [0.25, 0.3) is 0 Å². The molecule has 1 heterocycles. The third-order valence-corrected chi connectivity index (χ3v) is 3.99. The molecule has 1 saturated carbocycles. The molecular formula is C12H17NOS. The van der Waals surface area contributed by atoms with E-state index in [1.807, 2.05) is 19.1 Å². The molecule has 0 spiro atoms. The van der Waals surface area contributed by atoms with Gasteiger partial charge in [-0.2, -0.15) is 0 Å². The Kier molecular flexibility index (Phi) is 3.10. The minimum absolute atomic E-state index is 0.104. The van der Waals surface area contributed by atoms with Crippen LogP contribution >= 0.6 is 11.3 Å². The van der Waals surface area contributed by atoms with Gasteiger partial charge in [0.15, 0.2) is 0 Å². The van der Waals surface area contributed by atoms with Crippen LogP contribution in [0.3, 0.4) is 0 Å². The summed E-state index contributed by atoms with van der Waals surface area (Å²) in [5.74, 6) is 0.868. The lowest BCUT2D eigenvalue weighted by atomic mass is 10.1. The number of carbonyl (C=O) groups excluding carboxylic acids is 1. The Morgan fingerprint density at radius 3 is 2.80 bits per heavy atom. The molecule has 2 unspecified atom stereocenters. The number of amides is 1. The third-order valence-electron chi connectivity index (χ3n) is 2.99. The van der Waals surface area contributed by atoms with E-state index in [9.17, 15) is 4.79 Å². The molecule has 1 aliphatic rings. The van der Waals surface area contributed by atoms with E-state index in [2.05, 4.69) is 12.2 Å². The van der Waals surface area contributed by atoms with Crippen molar-refractivity contribution >= 4 is 17.2 Å². The van der Waals surface area contributed by atoms with Crippen LogP contribution in [0, 0.1) is 12.8 Å². The number of rotatable bonds is 2. The average Bonchev–Trinajstić information content (AvgIpc) is 2.75. The quantitative estimate of drug-likeness (QED) is 0.820. The monoisotopic (exact) mass is 223 g/mol. The Morgan fingerprint density at radius 2 is 2.27 bits per heavy atom. The van der Waals surface area contributed by atoms with Gasteiger partial charge in [0.05, 0.1) is 4.88 Å². The topological polar surface area (TPSA) is 29.1 Å². The second-order valence-corrected chi connectivity index (χ2v) is 5.79. The summed E-state index contributed by atoms with van der Waals surface area (Å²) in [6, 6.07) is 4.31. The van der Waals surface area contributed by atoms with Gasteiger partial charge in [-0.1, -0.05) is 6.92 Å². The van der Waals surface area contributed by atoms with Gasteiger partial charge in [-0.25, -0.2) is 0 Å². The van der Waals surface area contributed by atoms with E-state index < -0.39 is 0 Å². The van der Waals surface area contributed by atoms with Gasteiger partial charge in [0.25, 0.3) is 5.91 Å². The molecule has 2 atom stereocenters. The molecule has 2 rings (SSSR count). The van der Waals surface area contributed by atoms with Crippen molar-refractivity contribution in [2.24, 2.45) is 5.92 Å². The van der Waals surface area contributed by atoms with Gasteiger partial charge < -0.3 is 5.32 Å². The Hall–Kier alpha value is -0.830. The second-order valence-electron chi connectivity index (χ2n) is 4.50. The predicted octanol–water partition coefficient (Wildman–Crippen LogP) is 2.97. The van der Waals surface area contributed by atoms with Crippen LogP contribution < -0.4 is 5.32 Å². The molecule has 0 saturated heterocycles. The van der Waals surface area contributed by atoms with Gasteiger partial charge in [0.1, 0.15) is 0 Å². The van der Waals surface area contributed by atoms with Crippen LogP contribution in [0.2, 0.25) is 0 Å². The molecule has 82 valence electrons. The molecule has 2 nitrogen and oxygen atoms in total. The highest BCUT2D eigenvalue weighted by Gasteiger charge is 2.23. The molecule has 3 heteroatoms. The lowest BCUT2D eigenvalue weighted by Crippen LogP contribution is -2.32. The van der Waals surface area contributed by atoms with Crippen LogP contribution in [-0.4, -0.2) is 11.9 Å². The summed E-state index contributed by atoms with van der Waals surface area (Å²) >= 11 is 1.57. The smallest absolute Gasteiger partial charge is 0.261 e. The van der Waals surface area contributed by atoms with E-state index in [1.165, 1.54) is 11.3 Å². The zero-order valence-corrected chi connectivity index (χ0v) is 10.1. The maximum absolute atomic E-state index is 11.8. The van der Waals surface area contributed by atoms with Crippen LogP contribution in [0.4, 0.5) is 0 Å². The molecule has 0 aromatic carbocycles. The fourth-order valence-electron chi connectivity index (χ4n) is 2.15. The number of hydrogen-bond donors (Lipinski definition) is 1. The first kappa shape index (κ1) is 10.7. The van der Waals surface area contributed by atoms with Gasteiger partial charge in [0.2, 0.25) is 0 Å². The molecule has 1 amide bonds. The van der Waals surface area contributed by atoms with Crippen molar-refractivity contribution in [1.29, 1.82) is 0 Å². The van der Waals surface area contributed by atoms with Gasteiger partial charge in [-0.3, -0.25) is 4.79 Å². The molecule has 1 aromatic heterocycles. The van der Waals surface area contributed by atoms with Gasteiger partial charge in [-0.05, 0) is 44.2 Å². The molecule has 1 fully saturated rings. The van der Waals surface area contributed by atoms with Crippen molar-refractivity contribution in [3.8, 4) is 0 Å². The molecule has 1 aliphatic carbocycles. The zero-order valence-electron chi connectivity index (χ0n) is 9.25. The van der Waals surface area contributed by atoms with Gasteiger partial charge >= 0.3 is 0 Å². The predicted molar refractivity (Wildman–Crippen MR) is 63.3 cm³/mol. The summed E-state index contributed by atoms with van der Waals surface area (Å²) in [6.45, 7) is 4.28. The molecular weight excluding hydrogens is 206 g/mol. The highest BCUT2D eigenvalue weighted by atomic mass is 32.1. The summed E-state index contributed by atoms with van der Waals surface area (Å²) in [5.41, 5.74) is 0. The van der Waals surface area contributed by atoms with Crippen LogP contribution in [-0.2, 0) is 0 Å². The van der Waals surface area contributed by atoms with E-state index >= 15 is 0 Å². The first-order chi connectivity index (χ1) is 7.15. The summed E-state index contributed by atoms with van der Waals surface area (Å²) < 4.78 is 0. The number of aryl methyl sites for hydroxylation is 1. The van der Waals surface area contributed by atoms with Gasteiger partial charge in [-0.15, -0.1) is 11.3 Å². The Morgan fingerprint density at radius 1 is 1.47 bits per heavy atom. The van der Waals surface area contributed by atoms with Crippen LogP contribution in [0.1, 0.15) is 40.7 Å². The molecule has 0 aliphatic heterocycles. The van der Waals surface area contributed by atoms with Crippen molar-refractivity contribution in [3.63, 3.8) is 0 Å².